The maximum atomic E-state index is 11.0. The van der Waals surface area contributed by atoms with Gasteiger partial charge in [0, 0.05) is 17.5 Å². The van der Waals surface area contributed by atoms with E-state index in [1.165, 1.54) is 16.7 Å². The summed E-state index contributed by atoms with van der Waals surface area (Å²) in [6.07, 6.45) is 6.87. The smallest absolute Gasteiger partial charge is 0.303 e. The Morgan fingerprint density at radius 1 is 1.11 bits per heavy atom. The normalized spacial score (nSPS) is 14.6. The molecule has 1 aromatic heterocycles. The van der Waals surface area contributed by atoms with E-state index in [0.717, 1.165) is 73.6 Å². The minimum Gasteiger partial charge on any atom is -0.494 e. The van der Waals surface area contributed by atoms with Gasteiger partial charge in [-0.15, -0.1) is 0 Å². The molecule has 0 amide bonds. The van der Waals surface area contributed by atoms with Gasteiger partial charge in [0.1, 0.15) is 5.75 Å². The number of carboxylic acids is 1. The lowest BCUT2D eigenvalue weighted by Gasteiger charge is -2.11. The van der Waals surface area contributed by atoms with Crippen LogP contribution < -0.4 is 10.1 Å². The fraction of sp³-hybridized carbons (Fsp3) is 0.414. The minimum absolute atomic E-state index is 0.140. The van der Waals surface area contributed by atoms with E-state index in [-0.39, 0.29) is 12.3 Å². The van der Waals surface area contributed by atoms with Crippen LogP contribution in [-0.2, 0) is 17.6 Å². The van der Waals surface area contributed by atoms with Crippen LogP contribution in [-0.4, -0.2) is 40.7 Å². The first-order valence-electron chi connectivity index (χ1n) is 12.6. The Kier molecular flexibility index (Phi) is 8.48. The van der Waals surface area contributed by atoms with E-state index in [2.05, 4.69) is 54.5 Å². The van der Waals surface area contributed by atoms with Crippen molar-refractivity contribution in [3.63, 3.8) is 0 Å². The molecule has 2 N–H and O–H groups in total. The van der Waals surface area contributed by atoms with E-state index < -0.39 is 5.97 Å². The van der Waals surface area contributed by atoms with Crippen molar-refractivity contribution in [1.82, 2.24) is 15.3 Å². The number of fused-ring (bicyclic) bond motifs is 1. The number of ether oxygens (including phenoxy) is 1. The molecule has 2 aromatic carbocycles. The molecule has 0 saturated carbocycles. The fourth-order valence-electron chi connectivity index (χ4n) is 4.66. The molecule has 0 aliphatic heterocycles. The summed E-state index contributed by atoms with van der Waals surface area (Å²) in [6, 6.07) is 14.4. The second kappa shape index (κ2) is 11.9. The summed E-state index contributed by atoms with van der Waals surface area (Å²) in [5.41, 5.74) is 6.94. The van der Waals surface area contributed by atoms with Crippen LogP contribution in [0.3, 0.4) is 0 Å². The molecule has 1 aliphatic rings. The van der Waals surface area contributed by atoms with Crippen molar-refractivity contribution in [2.24, 2.45) is 0 Å². The van der Waals surface area contributed by atoms with E-state index in [4.69, 9.17) is 14.8 Å². The molecule has 6 heteroatoms. The molecular formula is C29H35N3O3. The first-order valence-corrected chi connectivity index (χ1v) is 12.6. The van der Waals surface area contributed by atoms with E-state index >= 15 is 0 Å². The number of aryl methyl sites for hydroxylation is 4. The van der Waals surface area contributed by atoms with Crippen LogP contribution in [0.5, 0.6) is 5.75 Å². The molecule has 0 unspecified atom stereocenters. The number of aromatic nitrogens is 2. The van der Waals surface area contributed by atoms with Crippen LogP contribution in [0.15, 0.2) is 48.7 Å². The Bertz CT molecular complexity index is 1140. The number of nitrogens with zero attached hydrogens (tertiary/aromatic N) is 2. The average Bonchev–Trinajstić information content (AvgIpc) is 3.23. The Hall–Kier alpha value is -3.25. The van der Waals surface area contributed by atoms with Gasteiger partial charge in [-0.05, 0) is 93.8 Å². The Morgan fingerprint density at radius 3 is 2.71 bits per heavy atom. The van der Waals surface area contributed by atoms with Gasteiger partial charge in [0.15, 0.2) is 5.82 Å². The second-order valence-electron chi connectivity index (χ2n) is 9.44. The standard InChI is InChI=1S/C29H35N3O3/c1-20-6-8-22(9-7-20)29-31-19-21(2)27(32-29)5-3-14-30-15-4-16-35-25-12-13-26-23(17-25)10-11-24(26)18-28(33)34/h6-9,12-13,17,19,24,30H,3-5,10-11,14-16,18H2,1-2H3,(H,33,34)/t24-/m0/s1. The molecule has 1 atom stereocenters. The first kappa shape index (κ1) is 24.9. The van der Waals surface area contributed by atoms with Crippen molar-refractivity contribution >= 4 is 5.97 Å². The lowest BCUT2D eigenvalue weighted by Crippen LogP contribution is -2.19. The fourth-order valence-corrected chi connectivity index (χ4v) is 4.66. The van der Waals surface area contributed by atoms with Gasteiger partial charge in [-0.1, -0.05) is 35.9 Å². The van der Waals surface area contributed by atoms with E-state index in [0.29, 0.717) is 6.61 Å². The van der Waals surface area contributed by atoms with Gasteiger partial charge in [0.2, 0.25) is 0 Å². The Morgan fingerprint density at radius 2 is 1.91 bits per heavy atom. The lowest BCUT2D eigenvalue weighted by molar-refractivity contribution is -0.137. The zero-order valence-corrected chi connectivity index (χ0v) is 20.7. The van der Waals surface area contributed by atoms with Crippen molar-refractivity contribution in [2.75, 3.05) is 19.7 Å². The third-order valence-corrected chi connectivity index (χ3v) is 6.66. The molecule has 1 aliphatic carbocycles. The molecule has 6 nitrogen and oxygen atoms in total. The van der Waals surface area contributed by atoms with Crippen LogP contribution in [0.4, 0.5) is 0 Å². The molecule has 35 heavy (non-hydrogen) atoms. The number of rotatable bonds is 12. The SMILES string of the molecule is Cc1ccc(-c2ncc(C)c(CCCNCCCOc3ccc4c(c3)CC[C@H]4CC(=O)O)n2)cc1. The zero-order chi connectivity index (χ0) is 24.6. The molecule has 3 aromatic rings. The van der Waals surface area contributed by atoms with Crippen molar-refractivity contribution in [1.29, 1.82) is 0 Å². The predicted molar refractivity (Wildman–Crippen MR) is 138 cm³/mol. The monoisotopic (exact) mass is 473 g/mol. The van der Waals surface area contributed by atoms with Gasteiger partial charge < -0.3 is 15.2 Å². The van der Waals surface area contributed by atoms with E-state index in [9.17, 15) is 4.79 Å². The second-order valence-corrected chi connectivity index (χ2v) is 9.44. The summed E-state index contributed by atoms with van der Waals surface area (Å²) in [7, 11) is 0. The summed E-state index contributed by atoms with van der Waals surface area (Å²) in [5.74, 6) is 1.08. The van der Waals surface area contributed by atoms with Crippen LogP contribution in [0, 0.1) is 13.8 Å². The van der Waals surface area contributed by atoms with Crippen molar-refractivity contribution in [3.05, 3.63) is 76.6 Å². The maximum absolute atomic E-state index is 11.0. The van der Waals surface area contributed by atoms with Crippen molar-refractivity contribution in [2.45, 2.75) is 58.3 Å². The average molecular weight is 474 g/mol. The summed E-state index contributed by atoms with van der Waals surface area (Å²) in [5, 5.41) is 12.6. The molecule has 0 spiro atoms. The number of nitrogens with one attached hydrogen (secondary N) is 1. The molecule has 0 fully saturated rings. The third kappa shape index (κ3) is 6.89. The third-order valence-electron chi connectivity index (χ3n) is 6.66. The summed E-state index contributed by atoms with van der Waals surface area (Å²) >= 11 is 0. The van der Waals surface area contributed by atoms with Gasteiger partial charge in [0.05, 0.1) is 13.0 Å². The maximum Gasteiger partial charge on any atom is 0.303 e. The highest BCUT2D eigenvalue weighted by Crippen LogP contribution is 2.37. The number of aliphatic carboxylic acids is 1. The zero-order valence-electron chi connectivity index (χ0n) is 20.7. The first-order chi connectivity index (χ1) is 17.0. The van der Waals surface area contributed by atoms with Gasteiger partial charge in [-0.25, -0.2) is 9.97 Å². The number of hydrogen-bond donors (Lipinski definition) is 2. The summed E-state index contributed by atoms with van der Waals surface area (Å²) in [6.45, 7) is 6.66. The number of hydrogen-bond acceptors (Lipinski definition) is 5. The lowest BCUT2D eigenvalue weighted by atomic mass is 9.98. The van der Waals surface area contributed by atoms with E-state index in [1.54, 1.807) is 0 Å². The molecule has 4 rings (SSSR count). The van der Waals surface area contributed by atoms with Crippen molar-refractivity contribution in [3.8, 4) is 17.1 Å². The van der Waals surface area contributed by atoms with Gasteiger partial charge >= 0.3 is 5.97 Å². The molecular weight excluding hydrogens is 438 g/mol. The molecule has 1 heterocycles. The van der Waals surface area contributed by atoms with Crippen LogP contribution in [0.2, 0.25) is 0 Å². The topological polar surface area (TPSA) is 84.3 Å². The van der Waals surface area contributed by atoms with Crippen molar-refractivity contribution < 1.29 is 14.6 Å². The number of carboxylic acid groups (broad SMARTS) is 1. The molecule has 184 valence electrons. The van der Waals surface area contributed by atoms with Gasteiger partial charge in [-0.2, -0.15) is 0 Å². The highest BCUT2D eigenvalue weighted by molar-refractivity contribution is 5.68. The van der Waals surface area contributed by atoms with Gasteiger partial charge in [-0.3, -0.25) is 4.79 Å². The highest BCUT2D eigenvalue weighted by Gasteiger charge is 2.24. The van der Waals surface area contributed by atoms with E-state index in [1.807, 2.05) is 18.3 Å². The van der Waals surface area contributed by atoms with Gasteiger partial charge in [0.25, 0.3) is 0 Å². The Balaban J connectivity index is 1.14. The van der Waals surface area contributed by atoms with Crippen LogP contribution in [0.25, 0.3) is 11.4 Å². The van der Waals surface area contributed by atoms with Crippen LogP contribution in [0.1, 0.15) is 59.5 Å². The number of benzene rings is 2. The summed E-state index contributed by atoms with van der Waals surface area (Å²) in [4.78, 5) is 20.3. The highest BCUT2D eigenvalue weighted by atomic mass is 16.5. The minimum atomic E-state index is -0.727. The molecule has 0 radical (unpaired) electrons. The molecule has 0 bridgehead atoms. The quantitative estimate of drug-likeness (QED) is 0.349. The largest absolute Gasteiger partial charge is 0.494 e. The van der Waals surface area contributed by atoms with Crippen LogP contribution >= 0.6 is 0 Å². The predicted octanol–water partition coefficient (Wildman–Crippen LogP) is 5.26. The summed E-state index contributed by atoms with van der Waals surface area (Å²) < 4.78 is 5.93. The molecule has 0 saturated heterocycles. The number of carbonyl (C=O) groups is 1. The Labute approximate surface area is 207 Å².